The lowest BCUT2D eigenvalue weighted by Crippen LogP contribution is -2.55. The van der Waals surface area contributed by atoms with Crippen molar-refractivity contribution in [2.45, 2.75) is 6.04 Å². The standard InChI is InChI=1S/C11H11BrFN3O4/c12-6-3-9(16(19)20)8(4-7(6)13)15-2-1-14-5-10(15)11(17)18/h3-4,10,14H,1-2,5H2,(H,17,18). The van der Waals surface area contributed by atoms with E-state index in [0.717, 1.165) is 12.1 Å². The second kappa shape index (κ2) is 5.71. The van der Waals surface area contributed by atoms with E-state index >= 15 is 0 Å². The Labute approximate surface area is 121 Å². The van der Waals surface area contributed by atoms with Gasteiger partial charge in [0.15, 0.2) is 0 Å². The highest BCUT2D eigenvalue weighted by atomic mass is 79.9. The van der Waals surface area contributed by atoms with Crippen molar-refractivity contribution in [3.05, 3.63) is 32.5 Å². The Balaban J connectivity index is 2.51. The van der Waals surface area contributed by atoms with Gasteiger partial charge in [0.2, 0.25) is 0 Å². The molecule has 1 atom stereocenters. The fourth-order valence-electron chi connectivity index (χ4n) is 2.12. The summed E-state index contributed by atoms with van der Waals surface area (Å²) in [6.07, 6.45) is 0. The van der Waals surface area contributed by atoms with E-state index in [1.807, 2.05) is 0 Å². The number of hydrogen-bond donors (Lipinski definition) is 2. The summed E-state index contributed by atoms with van der Waals surface area (Å²) in [4.78, 5) is 23.0. The summed E-state index contributed by atoms with van der Waals surface area (Å²) in [5.74, 6) is -1.79. The molecule has 1 aromatic carbocycles. The Morgan fingerprint density at radius 1 is 1.60 bits per heavy atom. The SMILES string of the molecule is O=C(O)C1CNCCN1c1cc(F)c(Br)cc1[N+](=O)[O-]. The van der Waals surface area contributed by atoms with E-state index in [2.05, 4.69) is 21.2 Å². The van der Waals surface area contributed by atoms with Crippen LogP contribution in [0.1, 0.15) is 0 Å². The maximum absolute atomic E-state index is 13.6. The largest absolute Gasteiger partial charge is 0.480 e. The molecule has 20 heavy (non-hydrogen) atoms. The fraction of sp³-hybridized carbons (Fsp3) is 0.364. The first-order chi connectivity index (χ1) is 9.41. The van der Waals surface area contributed by atoms with E-state index in [4.69, 9.17) is 5.11 Å². The van der Waals surface area contributed by atoms with Crippen molar-refractivity contribution >= 4 is 33.3 Å². The van der Waals surface area contributed by atoms with Crippen LogP contribution in [0.5, 0.6) is 0 Å². The minimum Gasteiger partial charge on any atom is -0.480 e. The van der Waals surface area contributed by atoms with Crippen molar-refractivity contribution in [3.63, 3.8) is 0 Å². The van der Waals surface area contributed by atoms with Gasteiger partial charge in [-0.15, -0.1) is 0 Å². The first kappa shape index (κ1) is 14.7. The predicted octanol–water partition coefficient (Wildman–Crippen LogP) is 1.36. The summed E-state index contributed by atoms with van der Waals surface area (Å²) in [7, 11) is 0. The molecule has 1 aromatic rings. The maximum Gasteiger partial charge on any atom is 0.327 e. The summed E-state index contributed by atoms with van der Waals surface area (Å²) in [6.45, 7) is 0.863. The van der Waals surface area contributed by atoms with Crippen LogP contribution >= 0.6 is 15.9 Å². The first-order valence-corrected chi connectivity index (χ1v) is 6.54. The molecule has 1 heterocycles. The van der Waals surface area contributed by atoms with Crippen molar-refractivity contribution in [3.8, 4) is 0 Å². The highest BCUT2D eigenvalue weighted by Crippen LogP contribution is 2.34. The van der Waals surface area contributed by atoms with Crippen LogP contribution in [0.3, 0.4) is 0 Å². The summed E-state index contributed by atoms with van der Waals surface area (Å²) >= 11 is 2.89. The van der Waals surface area contributed by atoms with Crippen molar-refractivity contribution in [1.29, 1.82) is 0 Å². The molecule has 0 amide bonds. The summed E-state index contributed by atoms with van der Waals surface area (Å²) in [5, 5.41) is 23.1. The van der Waals surface area contributed by atoms with Gasteiger partial charge in [-0.3, -0.25) is 10.1 Å². The molecule has 0 saturated carbocycles. The molecule has 0 aliphatic carbocycles. The molecule has 1 fully saturated rings. The Bertz CT molecular complexity index is 569. The van der Waals surface area contributed by atoms with Crippen LogP contribution in [-0.4, -0.2) is 41.7 Å². The summed E-state index contributed by atoms with van der Waals surface area (Å²) in [5.41, 5.74) is -0.351. The van der Waals surface area contributed by atoms with Crippen molar-refractivity contribution < 1.29 is 19.2 Å². The fourth-order valence-corrected chi connectivity index (χ4v) is 2.45. The van der Waals surface area contributed by atoms with Crippen molar-refractivity contribution in [2.24, 2.45) is 0 Å². The van der Waals surface area contributed by atoms with Crippen LogP contribution in [0.25, 0.3) is 0 Å². The number of nitro groups is 1. The van der Waals surface area contributed by atoms with Gasteiger partial charge in [-0.05, 0) is 15.9 Å². The number of nitrogens with one attached hydrogen (secondary N) is 1. The smallest absolute Gasteiger partial charge is 0.327 e. The number of carboxylic acid groups (broad SMARTS) is 1. The number of benzene rings is 1. The quantitative estimate of drug-likeness (QED) is 0.633. The number of nitrogens with zero attached hydrogens (tertiary/aromatic N) is 2. The minimum atomic E-state index is -1.12. The van der Waals surface area contributed by atoms with Crippen LogP contribution < -0.4 is 10.2 Å². The average molecular weight is 348 g/mol. The van der Waals surface area contributed by atoms with Gasteiger partial charge in [0.25, 0.3) is 5.69 Å². The van der Waals surface area contributed by atoms with Crippen LogP contribution in [0, 0.1) is 15.9 Å². The van der Waals surface area contributed by atoms with Gasteiger partial charge in [-0.25, -0.2) is 9.18 Å². The summed E-state index contributed by atoms with van der Waals surface area (Å²) in [6, 6.07) is 1.07. The average Bonchev–Trinajstić information content (AvgIpc) is 2.41. The number of hydrogen-bond acceptors (Lipinski definition) is 5. The molecule has 9 heteroatoms. The number of aliphatic carboxylic acids is 1. The molecule has 2 N–H and O–H groups in total. The molecule has 1 saturated heterocycles. The van der Waals surface area contributed by atoms with Crippen LogP contribution in [0.15, 0.2) is 16.6 Å². The highest BCUT2D eigenvalue weighted by molar-refractivity contribution is 9.10. The molecule has 2 rings (SSSR count). The van der Waals surface area contributed by atoms with Gasteiger partial charge in [-0.2, -0.15) is 0 Å². The Morgan fingerprint density at radius 2 is 2.30 bits per heavy atom. The van der Waals surface area contributed by atoms with Gasteiger partial charge >= 0.3 is 5.97 Å². The molecule has 1 aliphatic rings. The third-order valence-electron chi connectivity index (χ3n) is 3.05. The predicted molar refractivity (Wildman–Crippen MR) is 72.4 cm³/mol. The maximum atomic E-state index is 13.6. The topological polar surface area (TPSA) is 95.7 Å². The zero-order valence-corrected chi connectivity index (χ0v) is 11.8. The molecule has 1 unspecified atom stereocenters. The Hall–Kier alpha value is -1.74. The van der Waals surface area contributed by atoms with E-state index in [-0.39, 0.29) is 28.9 Å². The minimum absolute atomic E-state index is 0.0235. The van der Waals surface area contributed by atoms with Gasteiger partial charge in [-0.1, -0.05) is 0 Å². The number of carbonyl (C=O) groups is 1. The highest BCUT2D eigenvalue weighted by Gasteiger charge is 2.33. The lowest BCUT2D eigenvalue weighted by Gasteiger charge is -2.34. The van der Waals surface area contributed by atoms with Gasteiger partial charge in [0, 0.05) is 31.8 Å². The molecule has 7 nitrogen and oxygen atoms in total. The lowest BCUT2D eigenvalue weighted by molar-refractivity contribution is -0.384. The van der Waals surface area contributed by atoms with E-state index in [1.165, 1.54) is 4.90 Å². The molecule has 0 radical (unpaired) electrons. The molecule has 0 aromatic heterocycles. The molecule has 1 aliphatic heterocycles. The normalized spacial score (nSPS) is 18.9. The van der Waals surface area contributed by atoms with Crippen LogP contribution in [0.2, 0.25) is 0 Å². The van der Waals surface area contributed by atoms with Gasteiger partial charge < -0.3 is 15.3 Å². The van der Waals surface area contributed by atoms with Crippen molar-refractivity contribution in [1.82, 2.24) is 5.32 Å². The third-order valence-corrected chi connectivity index (χ3v) is 3.66. The van der Waals surface area contributed by atoms with E-state index in [9.17, 15) is 19.3 Å². The number of anilines is 1. The number of halogens is 2. The van der Waals surface area contributed by atoms with Crippen LogP contribution in [0.4, 0.5) is 15.8 Å². The zero-order chi connectivity index (χ0) is 14.9. The van der Waals surface area contributed by atoms with E-state index in [1.54, 1.807) is 0 Å². The van der Waals surface area contributed by atoms with Gasteiger partial charge in [0.1, 0.15) is 17.5 Å². The Morgan fingerprint density at radius 3 is 2.90 bits per heavy atom. The first-order valence-electron chi connectivity index (χ1n) is 5.75. The van der Waals surface area contributed by atoms with Crippen molar-refractivity contribution in [2.75, 3.05) is 24.5 Å². The molecular weight excluding hydrogens is 337 g/mol. The molecule has 0 bridgehead atoms. The zero-order valence-electron chi connectivity index (χ0n) is 10.2. The Kier molecular flexibility index (Phi) is 4.19. The van der Waals surface area contributed by atoms with E-state index in [0.29, 0.717) is 6.54 Å². The molecule has 108 valence electrons. The third kappa shape index (κ3) is 2.73. The van der Waals surface area contributed by atoms with Gasteiger partial charge in [0.05, 0.1) is 9.40 Å². The monoisotopic (exact) mass is 347 g/mol. The number of nitro benzene ring substituents is 1. The van der Waals surface area contributed by atoms with Crippen LogP contribution in [-0.2, 0) is 4.79 Å². The molecule has 0 spiro atoms. The second-order valence-electron chi connectivity index (χ2n) is 4.26. The summed E-state index contributed by atoms with van der Waals surface area (Å²) < 4.78 is 13.6. The van der Waals surface area contributed by atoms with E-state index < -0.39 is 22.8 Å². The number of carboxylic acids is 1. The number of rotatable bonds is 3. The number of piperazine rings is 1. The molecular formula is C11H11BrFN3O4. The second-order valence-corrected chi connectivity index (χ2v) is 5.12. The lowest BCUT2D eigenvalue weighted by atomic mass is 10.1.